The molecule has 66 valence electrons. The van der Waals surface area contributed by atoms with Crippen LogP contribution in [0.3, 0.4) is 0 Å². The maximum Gasteiger partial charge on any atom is 0.290 e. The number of nitrogens with two attached hydrogens (primary N) is 1. The summed E-state index contributed by atoms with van der Waals surface area (Å²) in [4.78, 5) is 8.36. The van der Waals surface area contributed by atoms with Gasteiger partial charge in [-0.1, -0.05) is 0 Å². The number of halogens is 1. The lowest BCUT2D eigenvalue weighted by molar-refractivity contribution is -0.122. The number of nitrogens with one attached hydrogen (secondary N) is 1. The van der Waals surface area contributed by atoms with E-state index in [0.29, 0.717) is 5.69 Å². The van der Waals surface area contributed by atoms with Gasteiger partial charge in [0.1, 0.15) is 5.82 Å². The van der Waals surface area contributed by atoms with Crippen LogP contribution in [0.1, 0.15) is 0 Å². The largest absolute Gasteiger partial charge is 0.483 e. The number of hydrogen-bond acceptors (Lipinski definition) is 3. The van der Waals surface area contributed by atoms with E-state index in [1.807, 2.05) is 0 Å². The highest BCUT2D eigenvalue weighted by Gasteiger charge is 1.87. The van der Waals surface area contributed by atoms with Crippen molar-refractivity contribution in [3.63, 3.8) is 0 Å². The zero-order valence-corrected chi connectivity index (χ0v) is 6.20. The Morgan fingerprint density at radius 2 is 1.83 bits per heavy atom. The molecule has 0 saturated carbocycles. The molecule has 0 aliphatic rings. The SMILES string of the molecule is NNc1ccc(F)cc1.O=CO. The zero-order valence-electron chi connectivity index (χ0n) is 6.20. The summed E-state index contributed by atoms with van der Waals surface area (Å²) in [5.41, 5.74) is 3.09. The van der Waals surface area contributed by atoms with Crippen LogP contribution in [0, 0.1) is 5.82 Å². The van der Waals surface area contributed by atoms with Crippen molar-refractivity contribution in [2.45, 2.75) is 0 Å². The summed E-state index contributed by atoms with van der Waals surface area (Å²) in [5.74, 6) is 4.77. The van der Waals surface area contributed by atoms with E-state index in [4.69, 9.17) is 15.7 Å². The van der Waals surface area contributed by atoms with Gasteiger partial charge in [0.25, 0.3) is 6.47 Å². The fourth-order valence-corrected chi connectivity index (χ4v) is 0.546. The van der Waals surface area contributed by atoms with E-state index < -0.39 is 0 Å². The number of anilines is 1. The lowest BCUT2D eigenvalue weighted by Gasteiger charge is -1.95. The van der Waals surface area contributed by atoms with Crippen molar-refractivity contribution >= 4 is 12.2 Å². The minimum Gasteiger partial charge on any atom is -0.483 e. The molecule has 0 heterocycles. The molecule has 0 spiro atoms. The first-order valence-electron chi connectivity index (χ1n) is 3.04. The van der Waals surface area contributed by atoms with Crippen molar-refractivity contribution in [2.75, 3.05) is 5.43 Å². The van der Waals surface area contributed by atoms with Crippen LogP contribution in [0.4, 0.5) is 10.1 Å². The highest BCUT2D eigenvalue weighted by Crippen LogP contribution is 2.05. The predicted octanol–water partition coefficient (Wildman–Crippen LogP) is 0.812. The maximum absolute atomic E-state index is 12.2. The zero-order chi connectivity index (χ0) is 9.40. The Labute approximate surface area is 68.8 Å². The van der Waals surface area contributed by atoms with Crippen LogP contribution in [0.25, 0.3) is 0 Å². The minimum absolute atomic E-state index is 0.250. The van der Waals surface area contributed by atoms with Gasteiger partial charge in [-0.3, -0.25) is 10.6 Å². The van der Waals surface area contributed by atoms with E-state index in [0.717, 1.165) is 0 Å². The van der Waals surface area contributed by atoms with Crippen molar-refractivity contribution in [1.29, 1.82) is 0 Å². The van der Waals surface area contributed by atoms with E-state index in [9.17, 15) is 4.39 Å². The number of hydrogen-bond donors (Lipinski definition) is 3. The van der Waals surface area contributed by atoms with E-state index in [1.165, 1.54) is 12.1 Å². The number of carbonyl (C=O) groups is 1. The van der Waals surface area contributed by atoms with Crippen LogP contribution in [0.15, 0.2) is 24.3 Å². The molecule has 1 aromatic carbocycles. The summed E-state index contributed by atoms with van der Waals surface area (Å²) in [6, 6.07) is 5.81. The number of rotatable bonds is 1. The van der Waals surface area contributed by atoms with Crippen LogP contribution in [-0.2, 0) is 4.79 Å². The Bertz CT molecular complexity index is 225. The summed E-state index contributed by atoms with van der Waals surface area (Å²) >= 11 is 0. The third-order valence-corrected chi connectivity index (χ3v) is 1.01. The molecule has 4 nitrogen and oxygen atoms in total. The molecule has 1 rings (SSSR count). The second-order valence-corrected chi connectivity index (χ2v) is 1.76. The number of nitrogen functional groups attached to an aromatic ring is 1. The van der Waals surface area contributed by atoms with Crippen molar-refractivity contribution in [3.8, 4) is 0 Å². The number of carboxylic acid groups (broad SMARTS) is 1. The van der Waals surface area contributed by atoms with Crippen molar-refractivity contribution in [2.24, 2.45) is 5.84 Å². The fraction of sp³-hybridized carbons (Fsp3) is 0. The van der Waals surface area contributed by atoms with Gasteiger partial charge in [-0.2, -0.15) is 0 Å². The van der Waals surface area contributed by atoms with Crippen LogP contribution in [0.2, 0.25) is 0 Å². The van der Waals surface area contributed by atoms with Crippen molar-refractivity contribution in [3.05, 3.63) is 30.1 Å². The van der Waals surface area contributed by atoms with Gasteiger partial charge in [0, 0.05) is 5.69 Å². The normalized spacial score (nSPS) is 7.83. The van der Waals surface area contributed by atoms with Gasteiger partial charge in [0.15, 0.2) is 0 Å². The molecule has 0 radical (unpaired) electrons. The highest BCUT2D eigenvalue weighted by molar-refractivity contribution is 5.41. The molecule has 0 aliphatic heterocycles. The number of hydrazine groups is 1. The number of benzene rings is 1. The summed E-state index contributed by atoms with van der Waals surface area (Å²) in [6.45, 7) is -0.250. The van der Waals surface area contributed by atoms with Gasteiger partial charge < -0.3 is 10.5 Å². The van der Waals surface area contributed by atoms with E-state index >= 15 is 0 Å². The molecule has 0 amide bonds. The first-order valence-corrected chi connectivity index (χ1v) is 3.04. The quantitative estimate of drug-likeness (QED) is 0.333. The van der Waals surface area contributed by atoms with Crippen LogP contribution in [-0.4, -0.2) is 11.6 Å². The van der Waals surface area contributed by atoms with E-state index in [1.54, 1.807) is 12.1 Å². The Hall–Kier alpha value is -1.62. The average Bonchev–Trinajstić information content (AvgIpc) is 2.07. The van der Waals surface area contributed by atoms with Gasteiger partial charge in [-0.15, -0.1) is 0 Å². The molecule has 0 atom stereocenters. The molecule has 0 unspecified atom stereocenters. The van der Waals surface area contributed by atoms with E-state index in [2.05, 4.69) is 5.43 Å². The Morgan fingerprint density at radius 1 is 1.42 bits per heavy atom. The first kappa shape index (κ1) is 10.4. The van der Waals surface area contributed by atoms with Gasteiger partial charge in [0.05, 0.1) is 0 Å². The van der Waals surface area contributed by atoms with Gasteiger partial charge in [-0.25, -0.2) is 4.39 Å². The van der Waals surface area contributed by atoms with Gasteiger partial charge in [0.2, 0.25) is 0 Å². The molecule has 0 fully saturated rings. The lowest BCUT2D eigenvalue weighted by atomic mass is 10.3. The van der Waals surface area contributed by atoms with Crippen molar-refractivity contribution < 1.29 is 14.3 Å². The third kappa shape index (κ3) is 4.24. The topological polar surface area (TPSA) is 75.3 Å². The summed E-state index contributed by atoms with van der Waals surface area (Å²) < 4.78 is 12.2. The van der Waals surface area contributed by atoms with Crippen LogP contribution in [0.5, 0.6) is 0 Å². The summed E-state index contributed by atoms with van der Waals surface area (Å²) in [7, 11) is 0. The van der Waals surface area contributed by atoms with Crippen LogP contribution < -0.4 is 11.3 Å². The molecule has 0 bridgehead atoms. The van der Waals surface area contributed by atoms with Crippen LogP contribution >= 0.6 is 0 Å². The van der Waals surface area contributed by atoms with Gasteiger partial charge >= 0.3 is 0 Å². The second kappa shape index (κ2) is 6.11. The fourth-order valence-electron chi connectivity index (χ4n) is 0.546. The average molecular weight is 172 g/mol. The lowest BCUT2D eigenvalue weighted by Crippen LogP contribution is -2.05. The molecule has 12 heavy (non-hydrogen) atoms. The summed E-state index contributed by atoms with van der Waals surface area (Å²) in [6.07, 6.45) is 0. The molecule has 1 aromatic rings. The Balaban J connectivity index is 0.000000354. The van der Waals surface area contributed by atoms with Crippen molar-refractivity contribution in [1.82, 2.24) is 0 Å². The van der Waals surface area contributed by atoms with E-state index in [-0.39, 0.29) is 12.3 Å². The highest BCUT2D eigenvalue weighted by atomic mass is 19.1. The maximum atomic E-state index is 12.2. The standard InChI is InChI=1S/C6H7FN2.CH2O2/c7-5-1-3-6(9-8)4-2-5;2-1-3/h1-4,9H,8H2;1H,(H,2,3). The molecule has 0 aromatic heterocycles. The Kier molecular flexibility index (Phi) is 5.29. The first-order chi connectivity index (χ1) is 5.74. The molecule has 0 saturated heterocycles. The molecule has 0 aliphatic carbocycles. The smallest absolute Gasteiger partial charge is 0.290 e. The third-order valence-electron chi connectivity index (χ3n) is 1.01. The monoisotopic (exact) mass is 172 g/mol. The molecular formula is C7H9FN2O2. The molecular weight excluding hydrogens is 163 g/mol. The summed E-state index contributed by atoms with van der Waals surface area (Å²) in [5, 5.41) is 6.89. The minimum atomic E-state index is -0.256. The second-order valence-electron chi connectivity index (χ2n) is 1.76. The van der Waals surface area contributed by atoms with Gasteiger partial charge in [-0.05, 0) is 24.3 Å². The molecule has 5 heteroatoms. The predicted molar refractivity (Wildman–Crippen MR) is 42.9 cm³/mol. The Morgan fingerprint density at radius 3 is 2.17 bits per heavy atom. The molecule has 4 N–H and O–H groups in total.